The van der Waals surface area contributed by atoms with Crippen LogP contribution in [-0.2, 0) is 6.54 Å². The Balaban J connectivity index is 1.76. The highest BCUT2D eigenvalue weighted by atomic mass is 16.5. The minimum Gasteiger partial charge on any atom is -0.507 e. The number of hydrogen-bond donors (Lipinski definition) is 1. The van der Waals surface area contributed by atoms with Crippen LogP contribution in [0, 0.1) is 0 Å². The van der Waals surface area contributed by atoms with E-state index in [9.17, 15) is 5.11 Å². The van der Waals surface area contributed by atoms with Crippen molar-refractivity contribution in [1.82, 2.24) is 10.1 Å². The molecule has 0 bridgehead atoms. The fourth-order valence-corrected chi connectivity index (χ4v) is 3.09. The summed E-state index contributed by atoms with van der Waals surface area (Å²) < 4.78 is 10.7. The molecule has 3 rings (SSSR count). The third kappa shape index (κ3) is 3.34. The number of hydrogen-bond acceptors (Lipinski definition) is 5. The van der Waals surface area contributed by atoms with Gasteiger partial charge in [-0.1, -0.05) is 25.1 Å². The van der Waals surface area contributed by atoms with Crippen molar-refractivity contribution in [3.63, 3.8) is 0 Å². The molecule has 5 heteroatoms. The highest BCUT2D eigenvalue weighted by Crippen LogP contribution is 2.36. The van der Waals surface area contributed by atoms with Crippen molar-refractivity contribution in [3.8, 4) is 11.5 Å². The van der Waals surface area contributed by atoms with E-state index in [-0.39, 0.29) is 11.8 Å². The molecule has 1 aliphatic rings. The zero-order chi connectivity index (χ0) is 16.4. The molecular weight excluding hydrogens is 292 g/mol. The molecule has 2 aromatic rings. The number of likely N-dealkylation sites (tertiary alicyclic amines) is 1. The molecule has 1 fully saturated rings. The molecule has 23 heavy (non-hydrogen) atoms. The number of benzene rings is 1. The van der Waals surface area contributed by atoms with Crippen LogP contribution in [0.25, 0.3) is 0 Å². The largest absolute Gasteiger partial charge is 0.507 e. The summed E-state index contributed by atoms with van der Waals surface area (Å²) in [5.74, 6) is 2.24. The molecule has 1 aromatic carbocycles. The fourth-order valence-electron chi connectivity index (χ4n) is 3.09. The van der Waals surface area contributed by atoms with Gasteiger partial charge in [-0.05, 0) is 31.4 Å². The number of phenols is 1. The predicted molar refractivity (Wildman–Crippen MR) is 87.6 cm³/mol. The van der Waals surface area contributed by atoms with Crippen molar-refractivity contribution in [1.29, 1.82) is 0 Å². The minimum atomic E-state index is 0.233. The van der Waals surface area contributed by atoms with Crippen LogP contribution in [0.15, 0.2) is 28.8 Å². The van der Waals surface area contributed by atoms with Crippen molar-refractivity contribution in [2.24, 2.45) is 0 Å². The van der Waals surface area contributed by atoms with Gasteiger partial charge in [-0.3, -0.25) is 4.90 Å². The Morgan fingerprint density at radius 2 is 2.22 bits per heavy atom. The van der Waals surface area contributed by atoms with E-state index in [4.69, 9.17) is 9.26 Å². The van der Waals surface area contributed by atoms with E-state index in [2.05, 4.69) is 30.0 Å². The van der Waals surface area contributed by atoms with Crippen LogP contribution in [0.2, 0.25) is 0 Å². The van der Waals surface area contributed by atoms with Gasteiger partial charge in [0.2, 0.25) is 0 Å². The first-order valence-corrected chi connectivity index (χ1v) is 8.15. The molecule has 1 atom stereocenters. The van der Waals surface area contributed by atoms with Crippen LogP contribution in [0.3, 0.4) is 0 Å². The van der Waals surface area contributed by atoms with E-state index < -0.39 is 0 Å². The summed E-state index contributed by atoms with van der Waals surface area (Å²) in [6.07, 6.45) is 2.18. The second-order valence-electron chi connectivity index (χ2n) is 6.43. The van der Waals surface area contributed by atoms with E-state index in [1.165, 1.54) is 0 Å². The van der Waals surface area contributed by atoms with Crippen LogP contribution < -0.4 is 4.74 Å². The molecule has 124 valence electrons. The number of ether oxygens (including phenoxy) is 1. The molecule has 0 unspecified atom stereocenters. The molecule has 2 heterocycles. The minimum absolute atomic E-state index is 0.233. The molecule has 0 spiro atoms. The maximum absolute atomic E-state index is 10.2. The summed E-state index contributed by atoms with van der Waals surface area (Å²) in [6.45, 7) is 5.92. The van der Waals surface area contributed by atoms with Crippen molar-refractivity contribution in [2.75, 3.05) is 13.7 Å². The maximum Gasteiger partial charge on any atom is 0.154 e. The molecule has 1 saturated heterocycles. The molecule has 5 nitrogen and oxygen atoms in total. The Morgan fingerprint density at radius 3 is 2.87 bits per heavy atom. The zero-order valence-electron chi connectivity index (χ0n) is 14.0. The number of aromatic hydroxyl groups is 1. The van der Waals surface area contributed by atoms with Crippen molar-refractivity contribution < 1.29 is 14.4 Å². The molecule has 0 saturated carbocycles. The lowest BCUT2D eigenvalue weighted by Crippen LogP contribution is -2.22. The first-order chi connectivity index (χ1) is 11.1. The van der Waals surface area contributed by atoms with Gasteiger partial charge in [0.1, 0.15) is 11.5 Å². The molecule has 0 radical (unpaired) electrons. The van der Waals surface area contributed by atoms with Gasteiger partial charge in [0.15, 0.2) is 5.76 Å². The molecule has 1 N–H and O–H groups in total. The number of methoxy groups -OCH3 is 1. The fraction of sp³-hybridized carbons (Fsp3) is 0.500. The maximum atomic E-state index is 10.2. The van der Waals surface area contributed by atoms with Gasteiger partial charge in [-0.2, -0.15) is 0 Å². The van der Waals surface area contributed by atoms with Crippen LogP contribution in [0.1, 0.15) is 55.7 Å². The van der Waals surface area contributed by atoms with E-state index in [0.29, 0.717) is 18.2 Å². The molecule has 0 amide bonds. The molecule has 1 aromatic heterocycles. The normalized spacial score (nSPS) is 18.7. The highest BCUT2D eigenvalue weighted by molar-refractivity contribution is 5.39. The summed E-state index contributed by atoms with van der Waals surface area (Å²) in [5, 5.41) is 14.3. The van der Waals surface area contributed by atoms with Crippen LogP contribution >= 0.6 is 0 Å². The van der Waals surface area contributed by atoms with Gasteiger partial charge in [0.05, 0.1) is 18.8 Å². The van der Waals surface area contributed by atoms with Gasteiger partial charge in [0.25, 0.3) is 0 Å². The standard InChI is InChI=1S/C18H24N2O3/c1-12(2)15-10-18(23-19-15)16-5-4-8-20(16)11-13-6-7-14(22-3)9-17(13)21/h6-7,9-10,12,16,21H,4-5,8,11H2,1-3H3/t16-/m1/s1. The van der Waals surface area contributed by atoms with Crippen molar-refractivity contribution >= 4 is 0 Å². The van der Waals surface area contributed by atoms with Gasteiger partial charge in [-0.15, -0.1) is 0 Å². The Hall–Kier alpha value is -2.01. The third-order valence-electron chi connectivity index (χ3n) is 4.50. The lowest BCUT2D eigenvalue weighted by molar-refractivity contribution is 0.204. The summed E-state index contributed by atoms with van der Waals surface area (Å²) in [7, 11) is 1.60. The average Bonchev–Trinajstić information content (AvgIpc) is 3.17. The Morgan fingerprint density at radius 1 is 1.39 bits per heavy atom. The average molecular weight is 316 g/mol. The van der Waals surface area contributed by atoms with Crippen LogP contribution in [0.4, 0.5) is 0 Å². The van der Waals surface area contributed by atoms with Gasteiger partial charge >= 0.3 is 0 Å². The first-order valence-electron chi connectivity index (χ1n) is 8.15. The number of rotatable bonds is 5. The SMILES string of the molecule is COc1ccc(CN2CCC[C@@H]2c2cc(C(C)C)no2)c(O)c1. The lowest BCUT2D eigenvalue weighted by atomic mass is 10.1. The predicted octanol–water partition coefficient (Wildman–Crippen LogP) is 3.85. The molecule has 1 aliphatic heterocycles. The number of aromatic nitrogens is 1. The quantitative estimate of drug-likeness (QED) is 0.908. The van der Waals surface area contributed by atoms with Crippen LogP contribution in [-0.4, -0.2) is 28.8 Å². The van der Waals surface area contributed by atoms with E-state index in [1.807, 2.05) is 12.1 Å². The number of nitrogens with zero attached hydrogens (tertiary/aromatic N) is 2. The summed E-state index contributed by atoms with van der Waals surface area (Å²) in [6, 6.07) is 7.76. The molecular formula is C18H24N2O3. The van der Waals surface area contributed by atoms with Crippen molar-refractivity contribution in [2.45, 2.75) is 45.2 Å². The first kappa shape index (κ1) is 15.9. The second kappa shape index (κ2) is 6.62. The molecule has 0 aliphatic carbocycles. The topological polar surface area (TPSA) is 58.7 Å². The van der Waals surface area contributed by atoms with E-state index >= 15 is 0 Å². The van der Waals surface area contributed by atoms with Gasteiger partial charge in [0, 0.05) is 24.2 Å². The van der Waals surface area contributed by atoms with Crippen LogP contribution in [0.5, 0.6) is 11.5 Å². The summed E-state index contributed by atoms with van der Waals surface area (Å²) in [4.78, 5) is 2.34. The van der Waals surface area contributed by atoms with Crippen molar-refractivity contribution in [3.05, 3.63) is 41.3 Å². The Bertz CT molecular complexity index is 666. The zero-order valence-corrected chi connectivity index (χ0v) is 14.0. The van der Waals surface area contributed by atoms with E-state index in [1.54, 1.807) is 13.2 Å². The van der Waals surface area contributed by atoms with Gasteiger partial charge < -0.3 is 14.4 Å². The second-order valence-corrected chi connectivity index (χ2v) is 6.43. The van der Waals surface area contributed by atoms with Gasteiger partial charge in [-0.25, -0.2) is 0 Å². The Kier molecular flexibility index (Phi) is 4.57. The highest BCUT2D eigenvalue weighted by Gasteiger charge is 2.30. The monoisotopic (exact) mass is 316 g/mol. The summed E-state index contributed by atoms with van der Waals surface area (Å²) >= 11 is 0. The summed E-state index contributed by atoms with van der Waals surface area (Å²) in [5.41, 5.74) is 1.90. The lowest BCUT2D eigenvalue weighted by Gasteiger charge is -2.22. The smallest absolute Gasteiger partial charge is 0.154 e. The third-order valence-corrected chi connectivity index (χ3v) is 4.50. The Labute approximate surface area is 136 Å². The number of phenolic OH excluding ortho intramolecular Hbond substituents is 1. The van der Waals surface area contributed by atoms with E-state index in [0.717, 1.165) is 36.4 Å².